The maximum atomic E-state index is 10.9. The van der Waals surface area contributed by atoms with E-state index in [2.05, 4.69) is 31.2 Å². The fourth-order valence-electron chi connectivity index (χ4n) is 1.95. The van der Waals surface area contributed by atoms with Crippen LogP contribution in [0.1, 0.15) is 5.56 Å². The van der Waals surface area contributed by atoms with Gasteiger partial charge in [0.1, 0.15) is 5.75 Å². The lowest BCUT2D eigenvalue weighted by molar-refractivity contribution is -0.107. The van der Waals surface area contributed by atoms with Gasteiger partial charge in [0.2, 0.25) is 6.41 Å². The van der Waals surface area contributed by atoms with E-state index in [0.29, 0.717) is 5.75 Å². The Kier molecular flexibility index (Phi) is 3.85. The Morgan fingerprint density at radius 3 is 2.26 bits per heavy atom. The lowest BCUT2D eigenvalue weighted by Gasteiger charge is -2.16. The Morgan fingerprint density at radius 1 is 1.05 bits per heavy atom. The molecule has 0 radical (unpaired) electrons. The second-order valence-electron chi connectivity index (χ2n) is 4.47. The molecule has 1 amide bonds. The first-order valence-electron chi connectivity index (χ1n) is 6.09. The van der Waals surface area contributed by atoms with E-state index in [1.54, 1.807) is 14.2 Å². The van der Waals surface area contributed by atoms with E-state index >= 15 is 0 Å². The van der Waals surface area contributed by atoms with Gasteiger partial charge in [-0.15, -0.1) is 0 Å². The average Bonchev–Trinajstić information content (AvgIpc) is 2.46. The molecule has 0 aromatic heterocycles. The van der Waals surface area contributed by atoms with Crippen LogP contribution in [0.5, 0.6) is 5.75 Å². The highest BCUT2D eigenvalue weighted by molar-refractivity contribution is 5.82. The largest absolute Gasteiger partial charge is 0.495 e. The highest BCUT2D eigenvalue weighted by Gasteiger charge is 2.09. The van der Waals surface area contributed by atoms with Gasteiger partial charge in [-0.1, -0.05) is 35.9 Å². The van der Waals surface area contributed by atoms with Crippen molar-refractivity contribution in [3.8, 4) is 16.9 Å². The Bertz CT molecular complexity index is 576. The number of carbonyl (C=O) groups excluding carboxylic acids is 1. The molecule has 0 spiro atoms. The summed E-state index contributed by atoms with van der Waals surface area (Å²) in [4.78, 5) is 12.4. The number of rotatable bonds is 4. The van der Waals surface area contributed by atoms with Crippen molar-refractivity contribution in [3.63, 3.8) is 0 Å². The molecule has 0 unspecified atom stereocenters. The lowest BCUT2D eigenvalue weighted by atomic mass is 10.0. The van der Waals surface area contributed by atoms with Crippen molar-refractivity contribution in [1.29, 1.82) is 0 Å². The van der Waals surface area contributed by atoms with Crippen LogP contribution in [0, 0.1) is 6.92 Å². The molecule has 3 nitrogen and oxygen atoms in total. The average molecular weight is 255 g/mol. The van der Waals surface area contributed by atoms with E-state index in [0.717, 1.165) is 23.2 Å². The molecule has 0 heterocycles. The number of ether oxygens (including phenoxy) is 1. The van der Waals surface area contributed by atoms with E-state index in [-0.39, 0.29) is 0 Å². The van der Waals surface area contributed by atoms with Gasteiger partial charge in [0.15, 0.2) is 0 Å². The highest BCUT2D eigenvalue weighted by atomic mass is 16.5. The number of amides is 1. The minimum Gasteiger partial charge on any atom is -0.495 e. The summed E-state index contributed by atoms with van der Waals surface area (Å²) < 4.78 is 5.28. The number of nitrogens with zero attached hydrogens (tertiary/aromatic N) is 1. The summed E-state index contributed by atoms with van der Waals surface area (Å²) in [7, 11) is 3.31. The Morgan fingerprint density at radius 2 is 1.68 bits per heavy atom. The molecule has 3 heteroatoms. The number of carbonyl (C=O) groups is 1. The van der Waals surface area contributed by atoms with Crippen LogP contribution in [-0.4, -0.2) is 20.6 Å². The summed E-state index contributed by atoms with van der Waals surface area (Å²) in [6.45, 7) is 2.06. The van der Waals surface area contributed by atoms with Crippen LogP contribution in [0.25, 0.3) is 11.1 Å². The van der Waals surface area contributed by atoms with E-state index in [4.69, 9.17) is 4.74 Å². The van der Waals surface area contributed by atoms with Crippen LogP contribution in [-0.2, 0) is 4.79 Å². The predicted molar refractivity (Wildman–Crippen MR) is 77.6 cm³/mol. The van der Waals surface area contributed by atoms with Crippen LogP contribution < -0.4 is 9.64 Å². The standard InChI is InChI=1S/C16H17NO2/c1-12-4-6-13(7-5-12)14-8-9-16(19-3)15(10-14)17(2)11-18/h4-11H,1-3H3. The van der Waals surface area contributed by atoms with Crippen LogP contribution >= 0.6 is 0 Å². The molecule has 0 atom stereocenters. The molecule has 98 valence electrons. The van der Waals surface area contributed by atoms with Gasteiger partial charge in [0.25, 0.3) is 0 Å². The number of hydrogen-bond donors (Lipinski definition) is 0. The first kappa shape index (κ1) is 13.1. The molecule has 0 saturated heterocycles. The summed E-state index contributed by atoms with van der Waals surface area (Å²) in [6, 6.07) is 14.1. The normalized spacial score (nSPS) is 10.1. The lowest BCUT2D eigenvalue weighted by Crippen LogP contribution is -2.14. The molecule has 0 aliphatic carbocycles. The monoisotopic (exact) mass is 255 g/mol. The third-order valence-corrected chi connectivity index (χ3v) is 3.10. The number of aryl methyl sites for hydroxylation is 1. The van der Waals surface area contributed by atoms with Gasteiger partial charge in [-0.25, -0.2) is 0 Å². The minimum absolute atomic E-state index is 0.686. The topological polar surface area (TPSA) is 29.5 Å². The second-order valence-corrected chi connectivity index (χ2v) is 4.47. The zero-order chi connectivity index (χ0) is 13.8. The molecule has 0 N–H and O–H groups in total. The zero-order valence-electron chi connectivity index (χ0n) is 11.4. The molecule has 0 bridgehead atoms. The molecule has 0 saturated carbocycles. The van der Waals surface area contributed by atoms with Crippen LogP contribution in [0.3, 0.4) is 0 Å². The Balaban J connectivity index is 2.48. The van der Waals surface area contributed by atoms with Crippen LogP contribution in [0.4, 0.5) is 5.69 Å². The predicted octanol–water partition coefficient (Wildman–Crippen LogP) is 3.26. The Labute approximate surface area is 113 Å². The third-order valence-electron chi connectivity index (χ3n) is 3.10. The summed E-state index contributed by atoms with van der Waals surface area (Å²) >= 11 is 0. The molecule has 2 aromatic rings. The van der Waals surface area contributed by atoms with Crippen molar-refractivity contribution in [2.45, 2.75) is 6.92 Å². The summed E-state index contributed by atoms with van der Waals surface area (Å²) in [5.74, 6) is 0.686. The molecule has 0 aliphatic heterocycles. The van der Waals surface area contributed by atoms with E-state index in [9.17, 15) is 4.79 Å². The second kappa shape index (κ2) is 5.57. The fourth-order valence-corrected chi connectivity index (χ4v) is 1.95. The van der Waals surface area contributed by atoms with Gasteiger partial charge >= 0.3 is 0 Å². The van der Waals surface area contributed by atoms with Gasteiger partial charge in [0.05, 0.1) is 12.8 Å². The Hall–Kier alpha value is -2.29. The molecule has 0 aliphatic rings. The smallest absolute Gasteiger partial charge is 0.213 e. The summed E-state index contributed by atoms with van der Waals surface area (Å²) in [6.07, 6.45) is 0.775. The van der Waals surface area contributed by atoms with Crippen molar-refractivity contribution in [2.24, 2.45) is 0 Å². The quantitative estimate of drug-likeness (QED) is 0.785. The molecular formula is C16H17NO2. The number of benzene rings is 2. The van der Waals surface area contributed by atoms with E-state index in [1.807, 2.05) is 18.2 Å². The summed E-state index contributed by atoms with van der Waals surface area (Å²) in [5, 5.41) is 0. The highest BCUT2D eigenvalue weighted by Crippen LogP contribution is 2.32. The first-order chi connectivity index (χ1) is 9.15. The zero-order valence-corrected chi connectivity index (χ0v) is 11.4. The maximum absolute atomic E-state index is 10.9. The van der Waals surface area contributed by atoms with Crippen molar-refractivity contribution >= 4 is 12.1 Å². The van der Waals surface area contributed by atoms with Crippen molar-refractivity contribution in [3.05, 3.63) is 48.0 Å². The SMILES string of the molecule is COc1ccc(-c2ccc(C)cc2)cc1N(C)C=O. The fraction of sp³-hybridized carbons (Fsp3) is 0.188. The van der Waals surface area contributed by atoms with E-state index in [1.165, 1.54) is 10.5 Å². The van der Waals surface area contributed by atoms with Crippen LogP contribution in [0.15, 0.2) is 42.5 Å². The van der Waals surface area contributed by atoms with Crippen molar-refractivity contribution in [2.75, 3.05) is 19.1 Å². The minimum atomic E-state index is 0.686. The van der Waals surface area contributed by atoms with Gasteiger partial charge in [-0.3, -0.25) is 4.79 Å². The van der Waals surface area contributed by atoms with Crippen LogP contribution in [0.2, 0.25) is 0 Å². The van der Waals surface area contributed by atoms with Crippen molar-refractivity contribution in [1.82, 2.24) is 0 Å². The van der Waals surface area contributed by atoms with Gasteiger partial charge in [-0.2, -0.15) is 0 Å². The van der Waals surface area contributed by atoms with Gasteiger partial charge < -0.3 is 9.64 Å². The number of anilines is 1. The summed E-state index contributed by atoms with van der Waals surface area (Å²) in [5.41, 5.74) is 4.16. The molecule has 2 aromatic carbocycles. The van der Waals surface area contributed by atoms with Gasteiger partial charge in [0, 0.05) is 7.05 Å². The molecular weight excluding hydrogens is 238 g/mol. The molecule has 0 fully saturated rings. The molecule has 19 heavy (non-hydrogen) atoms. The maximum Gasteiger partial charge on any atom is 0.213 e. The van der Waals surface area contributed by atoms with Gasteiger partial charge in [-0.05, 0) is 30.2 Å². The number of methoxy groups -OCH3 is 1. The molecule has 2 rings (SSSR count). The third kappa shape index (κ3) is 2.76. The first-order valence-corrected chi connectivity index (χ1v) is 6.09. The van der Waals surface area contributed by atoms with Crippen molar-refractivity contribution < 1.29 is 9.53 Å². The number of hydrogen-bond acceptors (Lipinski definition) is 2. The van der Waals surface area contributed by atoms with E-state index < -0.39 is 0 Å².